The molecule has 2 aliphatic heterocycles. The van der Waals surface area contributed by atoms with E-state index in [9.17, 15) is 28.0 Å². The Labute approximate surface area is 195 Å². The fraction of sp³-hybridized carbons (Fsp3) is 0.400. The fourth-order valence-electron chi connectivity index (χ4n) is 4.27. The highest BCUT2D eigenvalue weighted by Gasteiger charge is 2.42. The number of benzene rings is 1. The minimum Gasteiger partial charge on any atom is -0.322 e. The number of amides is 3. The van der Waals surface area contributed by atoms with Crippen LogP contribution in [0.15, 0.2) is 36.5 Å². The number of hydrogen-bond donors (Lipinski definition) is 1. The van der Waals surface area contributed by atoms with Gasteiger partial charge in [-0.1, -0.05) is 32.0 Å². The zero-order valence-corrected chi connectivity index (χ0v) is 18.9. The maximum absolute atomic E-state index is 14.7. The molecule has 0 saturated carbocycles. The SMILES string of the molecule is CC(C)c1ccc(C(F)(F)C(=O)CCc2ccc3c(c2)CN(C2CCC(=O)NC2=O)C3=O)nc1. The van der Waals surface area contributed by atoms with Gasteiger partial charge in [0, 0.05) is 31.1 Å². The molecule has 34 heavy (non-hydrogen) atoms. The molecule has 0 spiro atoms. The number of carbonyl (C=O) groups excluding carboxylic acids is 4. The Balaban J connectivity index is 1.42. The number of ketones is 1. The summed E-state index contributed by atoms with van der Waals surface area (Å²) in [6.07, 6.45) is 1.48. The molecular formula is C25H25F2N3O4. The topological polar surface area (TPSA) is 96.4 Å². The van der Waals surface area contributed by atoms with Crippen molar-refractivity contribution in [1.82, 2.24) is 15.2 Å². The maximum atomic E-state index is 14.7. The van der Waals surface area contributed by atoms with Crippen molar-refractivity contribution in [3.63, 3.8) is 0 Å². The molecule has 178 valence electrons. The van der Waals surface area contributed by atoms with Crippen molar-refractivity contribution in [2.45, 2.75) is 64.0 Å². The number of nitrogens with one attached hydrogen (secondary N) is 1. The molecule has 4 rings (SSSR count). The lowest BCUT2D eigenvalue weighted by Crippen LogP contribution is -2.52. The van der Waals surface area contributed by atoms with Gasteiger partial charge in [-0.3, -0.25) is 29.5 Å². The lowest BCUT2D eigenvalue weighted by Gasteiger charge is -2.29. The van der Waals surface area contributed by atoms with Gasteiger partial charge in [-0.05, 0) is 47.6 Å². The van der Waals surface area contributed by atoms with E-state index >= 15 is 0 Å². The van der Waals surface area contributed by atoms with E-state index in [4.69, 9.17) is 0 Å². The normalized spacial score (nSPS) is 18.3. The number of hydrogen-bond acceptors (Lipinski definition) is 5. The Morgan fingerprint density at radius 2 is 1.97 bits per heavy atom. The summed E-state index contributed by atoms with van der Waals surface area (Å²) in [4.78, 5) is 53.9. The van der Waals surface area contributed by atoms with Crippen LogP contribution in [-0.2, 0) is 33.3 Å². The van der Waals surface area contributed by atoms with Crippen molar-refractivity contribution in [3.8, 4) is 0 Å². The van der Waals surface area contributed by atoms with Crippen LogP contribution in [0.2, 0.25) is 0 Å². The standard InChI is InChI=1S/C25H25F2N3O4/c1-14(2)16-5-8-20(28-12-16)25(26,27)21(31)9-4-15-3-6-18-17(11-15)13-30(24(18)34)19-7-10-22(32)29-23(19)33/h3,5-6,8,11-12,14,19H,4,7,9-10,13H2,1-2H3,(H,29,32,33). The van der Waals surface area contributed by atoms with E-state index in [0.717, 1.165) is 5.56 Å². The van der Waals surface area contributed by atoms with Crippen LogP contribution in [0, 0.1) is 0 Å². The summed E-state index contributed by atoms with van der Waals surface area (Å²) >= 11 is 0. The third-order valence-electron chi connectivity index (χ3n) is 6.35. The van der Waals surface area contributed by atoms with Crippen molar-refractivity contribution in [2.24, 2.45) is 0 Å². The molecule has 2 aromatic rings. The Hall–Kier alpha value is -3.49. The Kier molecular flexibility index (Phi) is 6.29. The van der Waals surface area contributed by atoms with Crippen LogP contribution < -0.4 is 5.32 Å². The number of alkyl halides is 2. The van der Waals surface area contributed by atoms with Crippen LogP contribution in [0.3, 0.4) is 0 Å². The van der Waals surface area contributed by atoms with Crippen LogP contribution in [0.5, 0.6) is 0 Å². The number of nitrogens with zero attached hydrogens (tertiary/aromatic N) is 2. The lowest BCUT2D eigenvalue weighted by molar-refractivity contribution is -0.145. The number of pyridine rings is 1. The first-order chi connectivity index (χ1) is 16.1. The van der Waals surface area contributed by atoms with E-state index < -0.39 is 29.3 Å². The number of aromatic nitrogens is 1. The van der Waals surface area contributed by atoms with Crippen LogP contribution in [0.25, 0.3) is 0 Å². The number of rotatable bonds is 7. The van der Waals surface area contributed by atoms with E-state index in [2.05, 4.69) is 10.3 Å². The highest BCUT2D eigenvalue weighted by molar-refractivity contribution is 6.05. The first kappa shape index (κ1) is 23.7. The molecule has 0 aliphatic carbocycles. The lowest BCUT2D eigenvalue weighted by atomic mass is 9.98. The Morgan fingerprint density at radius 1 is 1.21 bits per heavy atom. The summed E-state index contributed by atoms with van der Waals surface area (Å²) in [6, 6.07) is 6.95. The smallest absolute Gasteiger partial charge is 0.322 e. The van der Waals surface area contributed by atoms with Crippen molar-refractivity contribution in [1.29, 1.82) is 0 Å². The largest absolute Gasteiger partial charge is 0.346 e. The van der Waals surface area contributed by atoms with Crippen LogP contribution in [-0.4, -0.2) is 39.4 Å². The number of halogens is 2. The van der Waals surface area contributed by atoms with Crippen LogP contribution >= 0.6 is 0 Å². The molecule has 0 radical (unpaired) electrons. The van der Waals surface area contributed by atoms with Gasteiger partial charge in [-0.25, -0.2) is 0 Å². The monoisotopic (exact) mass is 469 g/mol. The predicted octanol–water partition coefficient (Wildman–Crippen LogP) is 3.26. The maximum Gasteiger partial charge on any atom is 0.346 e. The Bertz CT molecular complexity index is 1160. The molecule has 3 heterocycles. The molecule has 9 heteroatoms. The van der Waals surface area contributed by atoms with Gasteiger partial charge in [0.25, 0.3) is 5.91 Å². The van der Waals surface area contributed by atoms with Crippen LogP contribution in [0.1, 0.15) is 71.8 Å². The van der Waals surface area contributed by atoms with E-state index in [0.29, 0.717) is 16.7 Å². The zero-order valence-electron chi connectivity index (χ0n) is 18.9. The molecule has 1 aromatic carbocycles. The highest BCUT2D eigenvalue weighted by atomic mass is 19.3. The number of fused-ring (bicyclic) bond motifs is 1. The number of aryl methyl sites for hydroxylation is 1. The first-order valence-corrected chi connectivity index (χ1v) is 11.2. The second-order valence-electron chi connectivity index (χ2n) is 9.02. The van der Waals surface area contributed by atoms with Gasteiger partial charge in [0.05, 0.1) is 0 Å². The van der Waals surface area contributed by atoms with E-state index in [-0.39, 0.29) is 50.0 Å². The van der Waals surface area contributed by atoms with E-state index in [1.165, 1.54) is 17.2 Å². The van der Waals surface area contributed by atoms with Crippen molar-refractivity contribution < 1.29 is 28.0 Å². The molecule has 0 bridgehead atoms. The van der Waals surface area contributed by atoms with Crippen molar-refractivity contribution >= 4 is 23.5 Å². The quantitative estimate of drug-likeness (QED) is 0.628. The minimum atomic E-state index is -3.69. The highest BCUT2D eigenvalue weighted by Crippen LogP contribution is 2.31. The summed E-state index contributed by atoms with van der Waals surface area (Å²) in [5.41, 5.74) is 1.98. The molecule has 1 unspecified atom stereocenters. The molecule has 7 nitrogen and oxygen atoms in total. The minimum absolute atomic E-state index is 0.0817. The summed E-state index contributed by atoms with van der Waals surface area (Å²) in [5, 5.41) is 2.25. The third kappa shape index (κ3) is 4.47. The predicted molar refractivity (Wildman–Crippen MR) is 118 cm³/mol. The zero-order chi connectivity index (χ0) is 24.6. The van der Waals surface area contributed by atoms with Crippen LogP contribution in [0.4, 0.5) is 8.78 Å². The van der Waals surface area contributed by atoms with E-state index in [1.807, 2.05) is 13.8 Å². The molecule has 1 fully saturated rings. The average Bonchev–Trinajstić information content (AvgIpc) is 3.13. The summed E-state index contributed by atoms with van der Waals surface area (Å²) in [6.45, 7) is 4.03. The van der Waals surface area contributed by atoms with Gasteiger partial charge in [0.2, 0.25) is 17.6 Å². The molecule has 2 aliphatic rings. The van der Waals surface area contributed by atoms with Crippen molar-refractivity contribution in [2.75, 3.05) is 0 Å². The molecule has 1 aromatic heterocycles. The van der Waals surface area contributed by atoms with Gasteiger partial charge in [0.15, 0.2) is 0 Å². The number of Topliss-reactive ketones (excluding diaryl/α,β-unsaturated/α-hetero) is 1. The van der Waals surface area contributed by atoms with Gasteiger partial charge >= 0.3 is 5.92 Å². The Morgan fingerprint density at radius 3 is 2.62 bits per heavy atom. The van der Waals surface area contributed by atoms with Gasteiger partial charge in [0.1, 0.15) is 11.7 Å². The summed E-state index contributed by atoms with van der Waals surface area (Å²) < 4.78 is 29.3. The average molecular weight is 469 g/mol. The van der Waals surface area contributed by atoms with Crippen molar-refractivity contribution in [3.05, 3.63) is 64.5 Å². The molecular weight excluding hydrogens is 444 g/mol. The summed E-state index contributed by atoms with van der Waals surface area (Å²) in [5.74, 6) is -5.94. The molecule has 1 saturated heterocycles. The van der Waals surface area contributed by atoms with Gasteiger partial charge in [-0.2, -0.15) is 8.78 Å². The van der Waals surface area contributed by atoms with Gasteiger partial charge in [-0.15, -0.1) is 0 Å². The number of carbonyl (C=O) groups is 4. The second-order valence-corrected chi connectivity index (χ2v) is 9.02. The molecule has 1 atom stereocenters. The van der Waals surface area contributed by atoms with E-state index in [1.54, 1.807) is 24.3 Å². The third-order valence-corrected chi connectivity index (χ3v) is 6.35. The molecule has 1 N–H and O–H groups in total. The molecule has 3 amide bonds. The second kappa shape index (κ2) is 9.04. The first-order valence-electron chi connectivity index (χ1n) is 11.2. The fourth-order valence-corrected chi connectivity index (χ4v) is 4.27. The summed E-state index contributed by atoms with van der Waals surface area (Å²) in [7, 11) is 0. The number of piperidine rings is 1. The van der Waals surface area contributed by atoms with Gasteiger partial charge < -0.3 is 4.90 Å². The number of imide groups is 1.